The van der Waals surface area contributed by atoms with Gasteiger partial charge in [-0.2, -0.15) is 0 Å². The minimum Gasteiger partial charge on any atom is -0.378 e. The first kappa shape index (κ1) is 19.2. The summed E-state index contributed by atoms with van der Waals surface area (Å²) in [7, 11) is 0. The monoisotopic (exact) mass is 385 g/mol. The van der Waals surface area contributed by atoms with E-state index < -0.39 is 0 Å². The zero-order chi connectivity index (χ0) is 20.5. The molecule has 0 fully saturated rings. The molecule has 0 amide bonds. The molecule has 1 aliphatic rings. The number of carbonyl (C=O) groups excluding carboxylic acids is 1. The molecule has 2 aromatic heterocycles. The highest BCUT2D eigenvalue weighted by Gasteiger charge is 2.20. The second-order valence-electron chi connectivity index (χ2n) is 7.71. The third-order valence-electron chi connectivity index (χ3n) is 5.90. The molecule has 1 unspecified atom stereocenters. The van der Waals surface area contributed by atoms with Gasteiger partial charge in [-0.1, -0.05) is 43.4 Å². The van der Waals surface area contributed by atoms with Crippen molar-refractivity contribution >= 4 is 17.1 Å². The minimum absolute atomic E-state index is 0.111. The van der Waals surface area contributed by atoms with Crippen LogP contribution in [-0.2, 0) is 17.8 Å². The zero-order valence-corrected chi connectivity index (χ0v) is 17.5. The van der Waals surface area contributed by atoms with E-state index in [-0.39, 0.29) is 11.7 Å². The molecule has 0 saturated carbocycles. The summed E-state index contributed by atoms with van der Waals surface area (Å²) in [6.45, 7) is 9.17. The number of aryl methyl sites for hydroxylation is 4. The number of anilines is 1. The first-order chi connectivity index (χ1) is 14.0. The maximum Gasteiger partial charge on any atom is 0.166 e. The molecular formula is C25H27N3O. The Kier molecular flexibility index (Phi) is 5.10. The Morgan fingerprint density at radius 1 is 1.17 bits per heavy atom. The maximum atomic E-state index is 12.5. The number of ketones is 1. The third kappa shape index (κ3) is 3.51. The Hall–Kier alpha value is -3.14. The van der Waals surface area contributed by atoms with Crippen molar-refractivity contribution in [3.63, 3.8) is 0 Å². The van der Waals surface area contributed by atoms with Crippen LogP contribution < -0.4 is 5.32 Å². The molecule has 0 radical (unpaired) electrons. The summed E-state index contributed by atoms with van der Waals surface area (Å²) in [5.74, 6) is -0.142. The van der Waals surface area contributed by atoms with Gasteiger partial charge in [-0.15, -0.1) is 0 Å². The molecule has 0 saturated heterocycles. The van der Waals surface area contributed by atoms with E-state index >= 15 is 0 Å². The van der Waals surface area contributed by atoms with Crippen molar-refractivity contribution in [3.8, 4) is 0 Å². The van der Waals surface area contributed by atoms with Gasteiger partial charge in [0.25, 0.3) is 0 Å². The SMILES string of the molecule is CCc1cccc(C)c1CNc1cc(C2C=CC=CC2=O)cn2c(C)c(C)nc12. The number of rotatable bonds is 5. The largest absolute Gasteiger partial charge is 0.378 e. The fraction of sp³-hybridized carbons (Fsp3) is 0.280. The summed E-state index contributed by atoms with van der Waals surface area (Å²) in [5, 5.41) is 3.62. The average Bonchev–Trinajstić information content (AvgIpc) is 3.01. The molecule has 0 bridgehead atoms. The van der Waals surface area contributed by atoms with Crippen LogP contribution in [0.25, 0.3) is 5.65 Å². The molecule has 1 atom stereocenters. The van der Waals surface area contributed by atoms with E-state index in [1.807, 2.05) is 25.3 Å². The van der Waals surface area contributed by atoms with Gasteiger partial charge in [0.05, 0.1) is 17.3 Å². The van der Waals surface area contributed by atoms with E-state index in [2.05, 4.69) is 54.8 Å². The van der Waals surface area contributed by atoms with Crippen LogP contribution in [0.15, 0.2) is 54.8 Å². The highest BCUT2D eigenvalue weighted by atomic mass is 16.1. The lowest BCUT2D eigenvalue weighted by Crippen LogP contribution is -2.12. The lowest BCUT2D eigenvalue weighted by molar-refractivity contribution is -0.115. The topological polar surface area (TPSA) is 46.4 Å². The van der Waals surface area contributed by atoms with Crippen molar-refractivity contribution in [2.75, 3.05) is 5.32 Å². The number of aromatic nitrogens is 2. The van der Waals surface area contributed by atoms with E-state index in [1.54, 1.807) is 12.2 Å². The fourth-order valence-corrected chi connectivity index (χ4v) is 4.02. The summed E-state index contributed by atoms with van der Waals surface area (Å²) in [4.78, 5) is 17.2. The van der Waals surface area contributed by atoms with Gasteiger partial charge in [-0.3, -0.25) is 4.79 Å². The first-order valence-electron chi connectivity index (χ1n) is 10.2. The van der Waals surface area contributed by atoms with Gasteiger partial charge in [0.1, 0.15) is 0 Å². The summed E-state index contributed by atoms with van der Waals surface area (Å²) < 4.78 is 2.10. The Morgan fingerprint density at radius 2 is 2.00 bits per heavy atom. The van der Waals surface area contributed by atoms with Crippen LogP contribution in [0.4, 0.5) is 5.69 Å². The van der Waals surface area contributed by atoms with E-state index in [0.717, 1.165) is 41.3 Å². The molecule has 148 valence electrons. The van der Waals surface area contributed by atoms with Gasteiger partial charge in [0, 0.05) is 18.4 Å². The smallest absolute Gasteiger partial charge is 0.166 e. The number of pyridine rings is 1. The van der Waals surface area contributed by atoms with Crippen molar-refractivity contribution in [1.82, 2.24) is 9.38 Å². The molecule has 4 rings (SSSR count). The highest BCUT2D eigenvalue weighted by molar-refractivity contribution is 5.98. The van der Waals surface area contributed by atoms with Gasteiger partial charge in [-0.25, -0.2) is 4.98 Å². The van der Waals surface area contributed by atoms with Crippen molar-refractivity contribution < 1.29 is 4.79 Å². The van der Waals surface area contributed by atoms with Crippen LogP contribution in [0.1, 0.15) is 46.5 Å². The van der Waals surface area contributed by atoms with Crippen LogP contribution in [0.5, 0.6) is 0 Å². The molecule has 1 aromatic carbocycles. The van der Waals surface area contributed by atoms with Crippen LogP contribution in [0, 0.1) is 20.8 Å². The number of allylic oxidation sites excluding steroid dienone is 4. The molecule has 0 spiro atoms. The fourth-order valence-electron chi connectivity index (χ4n) is 4.02. The number of hydrogen-bond acceptors (Lipinski definition) is 3. The Morgan fingerprint density at radius 3 is 2.76 bits per heavy atom. The van der Waals surface area contributed by atoms with Gasteiger partial charge >= 0.3 is 0 Å². The number of hydrogen-bond donors (Lipinski definition) is 1. The van der Waals surface area contributed by atoms with E-state index in [0.29, 0.717) is 0 Å². The minimum atomic E-state index is -0.253. The highest BCUT2D eigenvalue weighted by Crippen LogP contribution is 2.29. The maximum absolute atomic E-state index is 12.5. The molecule has 3 aromatic rings. The second-order valence-corrected chi connectivity index (χ2v) is 7.71. The predicted octanol–water partition coefficient (Wildman–Crippen LogP) is 5.21. The lowest BCUT2D eigenvalue weighted by Gasteiger charge is -2.17. The van der Waals surface area contributed by atoms with Crippen molar-refractivity contribution in [3.05, 3.63) is 88.4 Å². The predicted molar refractivity (Wildman–Crippen MR) is 119 cm³/mol. The summed E-state index contributed by atoms with van der Waals surface area (Å²) >= 11 is 0. The summed E-state index contributed by atoms with van der Waals surface area (Å²) in [6, 6.07) is 8.55. The number of carbonyl (C=O) groups is 1. The van der Waals surface area contributed by atoms with Crippen molar-refractivity contribution in [2.45, 2.75) is 46.6 Å². The van der Waals surface area contributed by atoms with E-state index in [4.69, 9.17) is 4.98 Å². The van der Waals surface area contributed by atoms with Gasteiger partial charge in [-0.05, 0) is 61.6 Å². The normalized spacial score (nSPS) is 16.0. The van der Waals surface area contributed by atoms with Crippen LogP contribution in [-0.4, -0.2) is 15.2 Å². The number of nitrogens with one attached hydrogen (secondary N) is 1. The van der Waals surface area contributed by atoms with Crippen LogP contribution >= 0.6 is 0 Å². The first-order valence-corrected chi connectivity index (χ1v) is 10.2. The van der Waals surface area contributed by atoms with Crippen LogP contribution in [0.2, 0.25) is 0 Å². The lowest BCUT2D eigenvalue weighted by atomic mass is 9.92. The van der Waals surface area contributed by atoms with Crippen LogP contribution in [0.3, 0.4) is 0 Å². The molecule has 4 heteroatoms. The van der Waals surface area contributed by atoms with Gasteiger partial charge in [0.2, 0.25) is 0 Å². The molecule has 2 heterocycles. The standard InChI is InChI=1S/C25H27N3O/c1-5-19-10-8-9-16(2)22(19)14-26-23-13-20(21-11-6-7-12-24(21)29)15-28-18(4)17(3)27-25(23)28/h6-13,15,21,26H,5,14H2,1-4H3. The number of benzene rings is 1. The van der Waals surface area contributed by atoms with E-state index in [1.165, 1.54) is 16.7 Å². The van der Waals surface area contributed by atoms with Crippen molar-refractivity contribution in [2.24, 2.45) is 0 Å². The third-order valence-corrected chi connectivity index (χ3v) is 5.90. The second kappa shape index (κ2) is 7.70. The molecule has 1 aliphatic carbocycles. The molecule has 29 heavy (non-hydrogen) atoms. The summed E-state index contributed by atoms with van der Waals surface area (Å²) in [5.41, 5.74) is 8.91. The Balaban J connectivity index is 1.77. The average molecular weight is 386 g/mol. The zero-order valence-electron chi connectivity index (χ0n) is 17.5. The molecule has 1 N–H and O–H groups in total. The van der Waals surface area contributed by atoms with Gasteiger partial charge in [0.15, 0.2) is 11.4 Å². The quantitative estimate of drug-likeness (QED) is 0.655. The molecular weight excluding hydrogens is 358 g/mol. The molecule has 0 aliphatic heterocycles. The summed E-state index contributed by atoms with van der Waals surface area (Å²) in [6.07, 6.45) is 10.4. The Labute approximate surface area is 172 Å². The molecule has 4 nitrogen and oxygen atoms in total. The van der Waals surface area contributed by atoms with Crippen molar-refractivity contribution in [1.29, 1.82) is 0 Å². The van der Waals surface area contributed by atoms with Gasteiger partial charge < -0.3 is 9.72 Å². The van der Waals surface area contributed by atoms with E-state index in [9.17, 15) is 4.79 Å². The Bertz CT molecular complexity index is 1150. The number of imidazole rings is 1. The number of fused-ring (bicyclic) bond motifs is 1. The number of nitrogens with zero attached hydrogens (tertiary/aromatic N) is 2.